The van der Waals surface area contributed by atoms with E-state index in [0.29, 0.717) is 18.3 Å². The van der Waals surface area contributed by atoms with Crippen LogP contribution in [0.15, 0.2) is 48.6 Å². The minimum atomic E-state index is -1.24. The summed E-state index contributed by atoms with van der Waals surface area (Å²) in [7, 11) is 0. The molecule has 1 saturated carbocycles. The monoisotopic (exact) mass is 596 g/mol. The molecule has 2 aromatic rings. The van der Waals surface area contributed by atoms with Gasteiger partial charge in [-0.2, -0.15) is 4.39 Å². The van der Waals surface area contributed by atoms with Gasteiger partial charge >= 0.3 is 5.97 Å². The zero-order valence-electron chi connectivity index (χ0n) is 26.7. The van der Waals surface area contributed by atoms with Crippen LogP contribution in [0.2, 0.25) is 0 Å². The summed E-state index contributed by atoms with van der Waals surface area (Å²) in [6.07, 6.45) is 26.5. The fraction of sp³-hybridized carbons (Fsp3) is 0.605. The van der Waals surface area contributed by atoms with Gasteiger partial charge in [0.05, 0.1) is 12.2 Å². The molecule has 0 heterocycles. The third kappa shape index (κ3) is 12.8. The van der Waals surface area contributed by atoms with Crippen molar-refractivity contribution in [2.45, 2.75) is 129 Å². The molecular formula is C38H54F2O3. The lowest BCUT2D eigenvalue weighted by atomic mass is 9.79. The Morgan fingerprint density at radius 3 is 2.14 bits per heavy atom. The van der Waals surface area contributed by atoms with Crippen molar-refractivity contribution < 1.29 is 23.0 Å². The second kappa shape index (κ2) is 20.3. The number of hydrogen-bond donors (Lipinski definition) is 0. The van der Waals surface area contributed by atoms with Crippen molar-refractivity contribution in [3.63, 3.8) is 0 Å². The average Bonchev–Trinajstić information content (AvgIpc) is 3.02. The van der Waals surface area contributed by atoms with Crippen LogP contribution in [0, 0.1) is 23.5 Å². The van der Waals surface area contributed by atoms with E-state index in [-0.39, 0.29) is 5.75 Å². The van der Waals surface area contributed by atoms with Crippen molar-refractivity contribution in [3.8, 4) is 11.5 Å². The first-order valence-electron chi connectivity index (χ1n) is 17.1. The number of ether oxygens (including phenoxy) is 2. The number of unbranched alkanes of at least 4 members (excludes halogenated alkanes) is 9. The second-order valence-electron chi connectivity index (χ2n) is 12.3. The van der Waals surface area contributed by atoms with Gasteiger partial charge in [0.25, 0.3) is 0 Å². The fourth-order valence-electron chi connectivity index (χ4n) is 6.00. The summed E-state index contributed by atoms with van der Waals surface area (Å²) >= 11 is 0. The Labute approximate surface area is 259 Å². The smallest absolute Gasteiger partial charge is 0.346 e. The van der Waals surface area contributed by atoms with Crippen LogP contribution in [-0.4, -0.2) is 12.6 Å². The molecule has 0 atom stereocenters. The van der Waals surface area contributed by atoms with Crippen molar-refractivity contribution in [1.82, 2.24) is 0 Å². The van der Waals surface area contributed by atoms with Crippen LogP contribution < -0.4 is 9.47 Å². The summed E-state index contributed by atoms with van der Waals surface area (Å²) < 4.78 is 40.1. The first-order valence-corrected chi connectivity index (χ1v) is 17.1. The Morgan fingerprint density at radius 2 is 1.44 bits per heavy atom. The standard InChI is InChI=1S/C38H54F2O3/c1-3-5-7-8-9-10-11-15-29-42-35-28-27-34(36(39)37(35)40)38(41)43-33-25-23-32(24-26-33)18-14-13-17-31-21-19-30(20-22-31)16-12-6-4-2/h13,17,23-28,30-31H,3-12,14-16,18-22,29H2,1-2H3/b17-13+/t30-,31-. The van der Waals surface area contributed by atoms with Crippen LogP contribution in [-0.2, 0) is 6.42 Å². The number of rotatable bonds is 20. The van der Waals surface area contributed by atoms with Crippen LogP contribution in [0.25, 0.3) is 0 Å². The first-order chi connectivity index (χ1) is 21.0. The largest absolute Gasteiger partial charge is 0.490 e. The predicted molar refractivity (Wildman–Crippen MR) is 173 cm³/mol. The molecule has 5 heteroatoms. The topological polar surface area (TPSA) is 35.5 Å². The van der Waals surface area contributed by atoms with Gasteiger partial charge in [-0.15, -0.1) is 0 Å². The maximum atomic E-state index is 14.7. The minimum absolute atomic E-state index is 0.175. The zero-order chi connectivity index (χ0) is 30.7. The van der Waals surface area contributed by atoms with Crippen LogP contribution in [0.5, 0.6) is 11.5 Å². The third-order valence-corrected chi connectivity index (χ3v) is 8.77. The second-order valence-corrected chi connectivity index (χ2v) is 12.3. The number of halogens is 2. The molecular weight excluding hydrogens is 542 g/mol. The molecule has 0 unspecified atom stereocenters. The molecule has 43 heavy (non-hydrogen) atoms. The molecule has 0 radical (unpaired) electrons. The molecule has 1 aliphatic rings. The van der Waals surface area contributed by atoms with Gasteiger partial charge in [-0.1, -0.05) is 109 Å². The maximum absolute atomic E-state index is 14.7. The van der Waals surface area contributed by atoms with Crippen molar-refractivity contribution in [3.05, 3.63) is 71.3 Å². The SMILES string of the molecule is CCCCCCCCCCOc1ccc(C(=O)Oc2ccc(CC/C=C/[C@H]3CC[C@H](CCCCC)CC3)cc2)c(F)c1F. The van der Waals surface area contributed by atoms with Gasteiger partial charge in [-0.3, -0.25) is 0 Å². The molecule has 0 aliphatic heterocycles. The number of esters is 1. The number of carbonyl (C=O) groups excluding carboxylic acids is 1. The summed E-state index contributed by atoms with van der Waals surface area (Å²) in [5.74, 6) is -1.56. The Kier molecular flexibility index (Phi) is 16.4. The van der Waals surface area contributed by atoms with E-state index in [4.69, 9.17) is 9.47 Å². The Bertz CT molecular complexity index is 1090. The maximum Gasteiger partial charge on any atom is 0.346 e. The number of benzene rings is 2. The molecule has 1 fully saturated rings. The lowest BCUT2D eigenvalue weighted by molar-refractivity contribution is 0.0728. The number of allylic oxidation sites excluding steroid dienone is 2. The summed E-state index contributed by atoms with van der Waals surface area (Å²) in [5, 5.41) is 0. The molecule has 3 rings (SSSR count). The Balaban J connectivity index is 1.36. The summed E-state index contributed by atoms with van der Waals surface area (Å²) in [4.78, 5) is 12.6. The molecule has 0 spiro atoms. The van der Waals surface area contributed by atoms with Crippen molar-refractivity contribution in [2.75, 3.05) is 6.61 Å². The summed E-state index contributed by atoms with van der Waals surface area (Å²) in [5.41, 5.74) is 0.695. The minimum Gasteiger partial charge on any atom is -0.490 e. The molecule has 2 aromatic carbocycles. The molecule has 0 aromatic heterocycles. The van der Waals surface area contributed by atoms with Gasteiger partial charge in [-0.25, -0.2) is 9.18 Å². The highest BCUT2D eigenvalue weighted by Gasteiger charge is 2.21. The van der Waals surface area contributed by atoms with E-state index in [2.05, 4.69) is 26.0 Å². The van der Waals surface area contributed by atoms with E-state index in [1.165, 1.54) is 95.6 Å². The zero-order valence-corrected chi connectivity index (χ0v) is 26.7. The average molecular weight is 597 g/mol. The van der Waals surface area contributed by atoms with Crippen LogP contribution in [0.3, 0.4) is 0 Å². The van der Waals surface area contributed by atoms with E-state index in [1.54, 1.807) is 12.1 Å². The summed E-state index contributed by atoms with van der Waals surface area (Å²) in [6, 6.07) is 9.76. The van der Waals surface area contributed by atoms with Crippen LogP contribution >= 0.6 is 0 Å². The van der Waals surface area contributed by atoms with Crippen molar-refractivity contribution in [2.24, 2.45) is 11.8 Å². The lowest BCUT2D eigenvalue weighted by Gasteiger charge is -2.26. The van der Waals surface area contributed by atoms with Gasteiger partial charge < -0.3 is 9.47 Å². The molecule has 0 N–H and O–H groups in total. The molecule has 0 saturated heterocycles. The number of aryl methyl sites for hydroxylation is 1. The van der Waals surface area contributed by atoms with Crippen molar-refractivity contribution >= 4 is 5.97 Å². The van der Waals surface area contributed by atoms with E-state index >= 15 is 0 Å². The highest BCUT2D eigenvalue weighted by molar-refractivity contribution is 5.91. The molecule has 1 aliphatic carbocycles. The van der Waals surface area contributed by atoms with E-state index in [1.807, 2.05) is 12.1 Å². The Hall–Kier alpha value is -2.69. The van der Waals surface area contributed by atoms with Gasteiger partial charge in [0.1, 0.15) is 5.75 Å². The quantitative estimate of drug-likeness (QED) is 0.0660. The van der Waals surface area contributed by atoms with Gasteiger partial charge in [0, 0.05) is 0 Å². The summed E-state index contributed by atoms with van der Waals surface area (Å²) in [6.45, 7) is 4.79. The van der Waals surface area contributed by atoms with E-state index in [0.717, 1.165) is 43.6 Å². The highest BCUT2D eigenvalue weighted by Crippen LogP contribution is 2.33. The predicted octanol–water partition coefficient (Wildman–Crippen LogP) is 11.6. The van der Waals surface area contributed by atoms with E-state index in [9.17, 15) is 13.6 Å². The van der Waals surface area contributed by atoms with Gasteiger partial charge in [-0.05, 0) is 86.6 Å². The van der Waals surface area contributed by atoms with Crippen LogP contribution in [0.4, 0.5) is 8.78 Å². The van der Waals surface area contributed by atoms with E-state index < -0.39 is 23.2 Å². The highest BCUT2D eigenvalue weighted by atomic mass is 19.2. The molecule has 0 bridgehead atoms. The third-order valence-electron chi connectivity index (χ3n) is 8.77. The Morgan fingerprint density at radius 1 is 0.791 bits per heavy atom. The van der Waals surface area contributed by atoms with Gasteiger partial charge in [0.2, 0.25) is 5.82 Å². The molecule has 238 valence electrons. The fourth-order valence-corrected chi connectivity index (χ4v) is 6.00. The number of hydrogen-bond acceptors (Lipinski definition) is 3. The van der Waals surface area contributed by atoms with Gasteiger partial charge in [0.15, 0.2) is 11.6 Å². The normalized spacial score (nSPS) is 16.9. The number of carbonyl (C=O) groups is 1. The lowest BCUT2D eigenvalue weighted by Crippen LogP contribution is -2.13. The van der Waals surface area contributed by atoms with Crippen molar-refractivity contribution in [1.29, 1.82) is 0 Å². The van der Waals surface area contributed by atoms with Crippen LogP contribution in [0.1, 0.15) is 139 Å². The first kappa shape index (κ1) is 34.8. The molecule has 0 amide bonds. The molecule has 3 nitrogen and oxygen atoms in total.